The number of fused-ring (bicyclic) bond motifs is 1. The molecule has 0 amide bonds. The van der Waals surface area contributed by atoms with Crippen molar-refractivity contribution in [3.8, 4) is 0 Å². The van der Waals surface area contributed by atoms with Crippen LogP contribution < -0.4 is 0 Å². The highest BCUT2D eigenvalue weighted by Gasteiger charge is 2.64. The van der Waals surface area contributed by atoms with Crippen LogP contribution in [0.2, 0.25) is 0 Å². The number of hydrogen-bond acceptors (Lipinski definition) is 1. The molecule has 0 bridgehead atoms. The van der Waals surface area contributed by atoms with Crippen molar-refractivity contribution < 1.29 is 4.79 Å². The van der Waals surface area contributed by atoms with Crippen molar-refractivity contribution in [3.63, 3.8) is 0 Å². The van der Waals surface area contributed by atoms with E-state index in [1.54, 1.807) is 0 Å². The first-order valence-electron chi connectivity index (χ1n) is 6.27. The topological polar surface area (TPSA) is 17.1 Å². The average molecular weight is 208 g/mol. The van der Waals surface area contributed by atoms with Crippen LogP contribution in [0.15, 0.2) is 0 Å². The van der Waals surface area contributed by atoms with Crippen LogP contribution in [-0.4, -0.2) is 6.29 Å². The molecule has 2 rings (SSSR count). The minimum atomic E-state index is 0.363. The smallest absolute Gasteiger partial charge is 0.120 e. The lowest BCUT2D eigenvalue weighted by Crippen LogP contribution is -2.54. The summed E-state index contributed by atoms with van der Waals surface area (Å²) >= 11 is 0. The highest BCUT2D eigenvalue weighted by molar-refractivity contribution is 5.50. The lowest BCUT2D eigenvalue weighted by molar-refractivity contribution is -0.116. The molecule has 0 aliphatic heterocycles. The van der Waals surface area contributed by atoms with Crippen molar-refractivity contribution in [2.45, 2.75) is 47.5 Å². The van der Waals surface area contributed by atoms with Gasteiger partial charge in [-0.2, -0.15) is 0 Å². The normalized spacial score (nSPS) is 45.7. The summed E-state index contributed by atoms with van der Waals surface area (Å²) in [5.74, 6) is 3.15. The molecule has 86 valence electrons. The van der Waals surface area contributed by atoms with Gasteiger partial charge in [-0.1, -0.05) is 34.6 Å². The van der Waals surface area contributed by atoms with Crippen molar-refractivity contribution in [3.05, 3.63) is 0 Å². The summed E-state index contributed by atoms with van der Waals surface area (Å²) in [6.07, 6.45) is 3.17. The molecule has 2 saturated carbocycles. The van der Waals surface area contributed by atoms with E-state index >= 15 is 0 Å². The van der Waals surface area contributed by atoms with E-state index in [1.807, 2.05) is 0 Å². The molecule has 1 nitrogen and oxygen atoms in total. The lowest BCUT2D eigenvalue weighted by Gasteiger charge is -2.59. The van der Waals surface area contributed by atoms with Gasteiger partial charge in [0.05, 0.1) is 0 Å². The minimum absolute atomic E-state index is 0.363. The van der Waals surface area contributed by atoms with Crippen LogP contribution in [-0.2, 0) is 4.79 Å². The van der Waals surface area contributed by atoms with Crippen LogP contribution in [0.1, 0.15) is 47.5 Å². The van der Waals surface area contributed by atoms with Gasteiger partial charge in [-0.3, -0.25) is 0 Å². The molecule has 2 fully saturated rings. The number of aldehydes is 1. The molecule has 0 radical (unpaired) electrons. The third kappa shape index (κ3) is 1.24. The zero-order chi connectivity index (χ0) is 11.4. The second-order valence-corrected chi connectivity index (χ2v) is 6.91. The zero-order valence-electron chi connectivity index (χ0n) is 10.7. The summed E-state index contributed by atoms with van der Waals surface area (Å²) in [5, 5.41) is 0. The molecule has 4 atom stereocenters. The van der Waals surface area contributed by atoms with Crippen LogP contribution in [0.4, 0.5) is 0 Å². The fourth-order valence-corrected chi connectivity index (χ4v) is 4.81. The summed E-state index contributed by atoms with van der Waals surface area (Å²) in [6, 6.07) is 0. The molecule has 0 aromatic heterocycles. The molecule has 2 unspecified atom stereocenters. The van der Waals surface area contributed by atoms with Crippen LogP contribution >= 0.6 is 0 Å². The first-order chi connectivity index (χ1) is 6.83. The third-order valence-electron chi connectivity index (χ3n) is 5.84. The third-order valence-corrected chi connectivity index (χ3v) is 5.84. The van der Waals surface area contributed by atoms with Crippen LogP contribution in [0, 0.1) is 34.5 Å². The number of carbonyl (C=O) groups is 1. The molecular weight excluding hydrogens is 184 g/mol. The van der Waals surface area contributed by atoms with Crippen molar-refractivity contribution in [2.24, 2.45) is 34.5 Å². The number of carbonyl (C=O) groups excluding carboxylic acids is 1. The number of rotatable bonds is 2. The van der Waals surface area contributed by atoms with Crippen molar-refractivity contribution >= 4 is 6.29 Å². The van der Waals surface area contributed by atoms with Gasteiger partial charge in [0, 0.05) is 6.42 Å². The molecule has 0 saturated heterocycles. The monoisotopic (exact) mass is 208 g/mol. The van der Waals surface area contributed by atoms with Crippen LogP contribution in [0.5, 0.6) is 0 Å². The fraction of sp³-hybridized carbons (Fsp3) is 0.929. The van der Waals surface area contributed by atoms with Crippen LogP contribution in [0.25, 0.3) is 0 Å². The quantitative estimate of drug-likeness (QED) is 0.634. The predicted molar refractivity (Wildman–Crippen MR) is 62.5 cm³/mol. The standard InChI is InChI=1S/C14H24O/c1-9-11-8-10(6-7-15)14(4,5)12(11)13(9,2)3/h7,9-12H,6,8H2,1-5H3/t9-,10?,11-,12?/m0/s1. The Morgan fingerprint density at radius 2 is 1.80 bits per heavy atom. The van der Waals surface area contributed by atoms with E-state index in [0.29, 0.717) is 16.7 Å². The fourth-order valence-electron chi connectivity index (χ4n) is 4.81. The van der Waals surface area contributed by atoms with E-state index in [9.17, 15) is 4.79 Å². The Kier molecular flexibility index (Phi) is 2.30. The lowest BCUT2D eigenvalue weighted by atomic mass is 9.46. The van der Waals surface area contributed by atoms with Gasteiger partial charge in [-0.15, -0.1) is 0 Å². The molecule has 1 heteroatoms. The highest BCUT2D eigenvalue weighted by Crippen LogP contribution is 2.70. The molecular formula is C14H24O. The predicted octanol–water partition coefficient (Wildman–Crippen LogP) is 3.53. The van der Waals surface area contributed by atoms with Gasteiger partial charge in [0.25, 0.3) is 0 Å². The van der Waals surface area contributed by atoms with Gasteiger partial charge >= 0.3 is 0 Å². The molecule has 2 aliphatic carbocycles. The maximum Gasteiger partial charge on any atom is 0.120 e. The van der Waals surface area contributed by atoms with E-state index in [1.165, 1.54) is 6.42 Å². The van der Waals surface area contributed by atoms with Gasteiger partial charge in [-0.25, -0.2) is 0 Å². The maximum absolute atomic E-state index is 10.7. The Labute approximate surface area is 93.6 Å². The van der Waals surface area contributed by atoms with Crippen molar-refractivity contribution in [2.75, 3.05) is 0 Å². The number of hydrogen-bond donors (Lipinski definition) is 0. The zero-order valence-corrected chi connectivity index (χ0v) is 10.7. The molecule has 0 aromatic rings. The summed E-state index contributed by atoms with van der Waals surface area (Å²) in [4.78, 5) is 10.7. The van der Waals surface area contributed by atoms with Gasteiger partial charge in [0.1, 0.15) is 6.29 Å². The van der Waals surface area contributed by atoms with E-state index in [-0.39, 0.29) is 0 Å². The molecule has 0 aromatic carbocycles. The van der Waals surface area contributed by atoms with Gasteiger partial charge < -0.3 is 4.79 Å². The Hall–Kier alpha value is -0.330. The first kappa shape index (κ1) is 11.2. The second kappa shape index (κ2) is 3.09. The largest absolute Gasteiger partial charge is 0.303 e. The Balaban J connectivity index is 2.24. The molecule has 2 aliphatic rings. The molecule has 0 N–H and O–H groups in total. The van der Waals surface area contributed by atoms with E-state index in [0.717, 1.165) is 30.5 Å². The highest BCUT2D eigenvalue weighted by atomic mass is 16.1. The van der Waals surface area contributed by atoms with Crippen LogP contribution in [0.3, 0.4) is 0 Å². The first-order valence-corrected chi connectivity index (χ1v) is 6.27. The van der Waals surface area contributed by atoms with Crippen molar-refractivity contribution in [1.82, 2.24) is 0 Å². The Morgan fingerprint density at radius 3 is 2.27 bits per heavy atom. The summed E-state index contributed by atoms with van der Waals surface area (Å²) in [7, 11) is 0. The minimum Gasteiger partial charge on any atom is -0.303 e. The summed E-state index contributed by atoms with van der Waals surface area (Å²) in [5.41, 5.74) is 0.841. The Morgan fingerprint density at radius 1 is 1.20 bits per heavy atom. The van der Waals surface area contributed by atoms with Gasteiger partial charge in [0.2, 0.25) is 0 Å². The second-order valence-electron chi connectivity index (χ2n) is 6.91. The van der Waals surface area contributed by atoms with E-state index in [2.05, 4.69) is 34.6 Å². The van der Waals surface area contributed by atoms with E-state index < -0.39 is 0 Å². The Bertz CT molecular complexity index is 277. The molecule has 0 heterocycles. The SMILES string of the molecule is C[C@H]1[C@@H]2CC(CC=O)C(C)(C)C2C1(C)C. The summed E-state index contributed by atoms with van der Waals surface area (Å²) in [6.45, 7) is 12.0. The average Bonchev–Trinajstić information content (AvgIpc) is 2.37. The van der Waals surface area contributed by atoms with Gasteiger partial charge in [0.15, 0.2) is 0 Å². The van der Waals surface area contributed by atoms with E-state index in [4.69, 9.17) is 0 Å². The van der Waals surface area contributed by atoms with Crippen molar-refractivity contribution in [1.29, 1.82) is 0 Å². The molecule has 15 heavy (non-hydrogen) atoms. The van der Waals surface area contributed by atoms with Gasteiger partial charge in [-0.05, 0) is 40.9 Å². The molecule has 0 spiro atoms. The maximum atomic E-state index is 10.7. The summed E-state index contributed by atoms with van der Waals surface area (Å²) < 4.78 is 0.